The Hall–Kier alpha value is -1.02. The maximum atomic E-state index is 5.57. The highest BCUT2D eigenvalue weighted by Crippen LogP contribution is 2.14. The summed E-state index contributed by atoms with van der Waals surface area (Å²) in [5.74, 6) is 0. The molecule has 0 saturated heterocycles. The molecule has 71 valence electrons. The third-order valence-electron chi connectivity index (χ3n) is 2.19. The van der Waals surface area contributed by atoms with E-state index >= 15 is 0 Å². The maximum Gasteiger partial charge on any atom is 0.0449 e. The van der Waals surface area contributed by atoms with Crippen LogP contribution in [-0.2, 0) is 6.54 Å². The molecular formula is C11H17N2. The average Bonchev–Trinajstić information content (AvgIpc) is 2.20. The van der Waals surface area contributed by atoms with Crippen molar-refractivity contribution in [1.29, 1.82) is 0 Å². The van der Waals surface area contributed by atoms with Crippen molar-refractivity contribution in [1.82, 2.24) is 0 Å². The normalized spacial score (nSPS) is 10.1. The Kier molecular flexibility index (Phi) is 3.77. The van der Waals surface area contributed by atoms with Gasteiger partial charge in [0.05, 0.1) is 0 Å². The van der Waals surface area contributed by atoms with E-state index in [1.807, 2.05) is 12.1 Å². The van der Waals surface area contributed by atoms with Crippen LogP contribution in [0.25, 0.3) is 0 Å². The molecule has 0 heterocycles. The van der Waals surface area contributed by atoms with Crippen molar-refractivity contribution in [2.75, 3.05) is 18.0 Å². The second-order valence-corrected chi connectivity index (χ2v) is 2.96. The van der Waals surface area contributed by atoms with Crippen LogP contribution in [0.2, 0.25) is 0 Å². The molecule has 0 fully saturated rings. The molecule has 2 heteroatoms. The first-order valence-electron chi connectivity index (χ1n) is 4.77. The number of rotatable bonds is 4. The van der Waals surface area contributed by atoms with Crippen LogP contribution < -0.4 is 10.6 Å². The molecule has 0 bridgehead atoms. The summed E-state index contributed by atoms with van der Waals surface area (Å²) in [5.41, 5.74) is 7.88. The molecule has 2 N–H and O–H groups in total. The zero-order valence-electron chi connectivity index (χ0n) is 8.38. The third-order valence-corrected chi connectivity index (χ3v) is 2.19. The summed E-state index contributed by atoms with van der Waals surface area (Å²) in [6, 6.07) is 9.27. The zero-order chi connectivity index (χ0) is 9.68. The van der Waals surface area contributed by atoms with Gasteiger partial charge in [0.15, 0.2) is 0 Å². The molecular weight excluding hydrogens is 160 g/mol. The SMILES string of the molecule is CCN(CC)c1[c]ccc(CN)c1. The van der Waals surface area contributed by atoms with Gasteiger partial charge in [-0.25, -0.2) is 0 Å². The summed E-state index contributed by atoms with van der Waals surface area (Å²) in [4.78, 5) is 2.26. The van der Waals surface area contributed by atoms with Crippen molar-refractivity contribution in [2.24, 2.45) is 5.73 Å². The topological polar surface area (TPSA) is 29.3 Å². The van der Waals surface area contributed by atoms with Crippen molar-refractivity contribution < 1.29 is 0 Å². The van der Waals surface area contributed by atoms with E-state index in [1.165, 1.54) is 5.56 Å². The molecule has 0 spiro atoms. The summed E-state index contributed by atoms with van der Waals surface area (Å²) in [5, 5.41) is 0. The van der Waals surface area contributed by atoms with Crippen LogP contribution in [0, 0.1) is 6.07 Å². The predicted octanol–water partition coefficient (Wildman–Crippen LogP) is 1.79. The van der Waals surface area contributed by atoms with Crippen LogP contribution in [0.5, 0.6) is 0 Å². The van der Waals surface area contributed by atoms with Crippen LogP contribution in [0.3, 0.4) is 0 Å². The first-order chi connectivity index (χ1) is 6.31. The maximum absolute atomic E-state index is 5.57. The molecule has 0 aliphatic carbocycles. The van der Waals surface area contributed by atoms with Gasteiger partial charge in [0.1, 0.15) is 0 Å². The van der Waals surface area contributed by atoms with Gasteiger partial charge < -0.3 is 10.6 Å². The van der Waals surface area contributed by atoms with Gasteiger partial charge in [-0.15, -0.1) is 0 Å². The van der Waals surface area contributed by atoms with Crippen LogP contribution in [0.4, 0.5) is 5.69 Å². The standard InChI is InChI=1S/C11H17N2/c1-3-13(4-2)11-7-5-6-10(8-11)9-12/h5-6,8H,3-4,9,12H2,1-2H3. The summed E-state index contributed by atoms with van der Waals surface area (Å²) < 4.78 is 0. The van der Waals surface area contributed by atoms with Crippen LogP contribution in [0.15, 0.2) is 18.2 Å². The van der Waals surface area contributed by atoms with Gasteiger partial charge in [-0.2, -0.15) is 0 Å². The van der Waals surface area contributed by atoms with E-state index in [1.54, 1.807) is 0 Å². The lowest BCUT2D eigenvalue weighted by molar-refractivity contribution is 0.863. The van der Waals surface area contributed by atoms with Gasteiger partial charge in [-0.3, -0.25) is 0 Å². The van der Waals surface area contributed by atoms with Crippen LogP contribution in [0.1, 0.15) is 19.4 Å². The number of hydrogen-bond acceptors (Lipinski definition) is 2. The van der Waals surface area contributed by atoms with Crippen LogP contribution in [-0.4, -0.2) is 13.1 Å². The average molecular weight is 177 g/mol. The minimum atomic E-state index is 0.600. The van der Waals surface area contributed by atoms with Gasteiger partial charge >= 0.3 is 0 Å². The molecule has 0 aliphatic heterocycles. The number of benzene rings is 1. The first-order valence-corrected chi connectivity index (χ1v) is 4.77. The second-order valence-electron chi connectivity index (χ2n) is 2.96. The van der Waals surface area contributed by atoms with Gasteiger partial charge in [0, 0.05) is 31.4 Å². The van der Waals surface area contributed by atoms with Gasteiger partial charge in [0.25, 0.3) is 0 Å². The Morgan fingerprint density at radius 3 is 2.62 bits per heavy atom. The van der Waals surface area contributed by atoms with Crippen molar-refractivity contribution in [3.63, 3.8) is 0 Å². The summed E-state index contributed by atoms with van der Waals surface area (Å²) >= 11 is 0. The molecule has 1 rings (SSSR count). The Morgan fingerprint density at radius 1 is 1.38 bits per heavy atom. The molecule has 1 radical (unpaired) electrons. The number of hydrogen-bond donors (Lipinski definition) is 1. The number of nitrogens with two attached hydrogens (primary N) is 1. The largest absolute Gasteiger partial charge is 0.372 e. The third kappa shape index (κ3) is 2.46. The van der Waals surface area contributed by atoms with Gasteiger partial charge in [0.2, 0.25) is 0 Å². The predicted molar refractivity (Wildman–Crippen MR) is 56.7 cm³/mol. The Balaban J connectivity index is 2.86. The zero-order valence-corrected chi connectivity index (χ0v) is 8.38. The monoisotopic (exact) mass is 177 g/mol. The van der Waals surface area contributed by atoms with Crippen molar-refractivity contribution in [3.05, 3.63) is 29.8 Å². The molecule has 2 nitrogen and oxygen atoms in total. The molecule has 0 amide bonds. The highest BCUT2D eigenvalue weighted by molar-refractivity contribution is 5.47. The van der Waals surface area contributed by atoms with Crippen molar-refractivity contribution >= 4 is 5.69 Å². The van der Waals surface area contributed by atoms with E-state index in [9.17, 15) is 0 Å². The lowest BCUT2D eigenvalue weighted by Crippen LogP contribution is -2.22. The van der Waals surface area contributed by atoms with Crippen LogP contribution >= 0.6 is 0 Å². The Morgan fingerprint density at radius 2 is 2.08 bits per heavy atom. The first kappa shape index (κ1) is 10.1. The molecule has 0 saturated carbocycles. The second kappa shape index (κ2) is 4.87. The van der Waals surface area contributed by atoms with E-state index in [0.717, 1.165) is 18.8 Å². The fourth-order valence-corrected chi connectivity index (χ4v) is 1.37. The molecule has 0 aliphatic rings. The minimum absolute atomic E-state index is 0.600. The Labute approximate surface area is 80.4 Å². The number of nitrogens with zero attached hydrogens (tertiary/aromatic N) is 1. The summed E-state index contributed by atoms with van der Waals surface area (Å²) in [7, 11) is 0. The highest BCUT2D eigenvalue weighted by Gasteiger charge is 2.01. The minimum Gasteiger partial charge on any atom is -0.372 e. The molecule has 0 atom stereocenters. The fourth-order valence-electron chi connectivity index (χ4n) is 1.37. The molecule has 0 unspecified atom stereocenters. The molecule has 1 aromatic carbocycles. The van der Waals surface area contributed by atoms with E-state index in [-0.39, 0.29) is 0 Å². The highest BCUT2D eigenvalue weighted by atomic mass is 15.1. The van der Waals surface area contributed by atoms with E-state index in [4.69, 9.17) is 5.73 Å². The van der Waals surface area contributed by atoms with Crippen molar-refractivity contribution in [2.45, 2.75) is 20.4 Å². The van der Waals surface area contributed by atoms with E-state index in [2.05, 4.69) is 30.9 Å². The smallest absolute Gasteiger partial charge is 0.0449 e. The Bertz CT molecular complexity index is 254. The summed E-state index contributed by atoms with van der Waals surface area (Å²) in [6.07, 6.45) is 0. The fraction of sp³-hybridized carbons (Fsp3) is 0.455. The van der Waals surface area contributed by atoms with E-state index in [0.29, 0.717) is 6.54 Å². The lowest BCUT2D eigenvalue weighted by atomic mass is 10.2. The lowest BCUT2D eigenvalue weighted by Gasteiger charge is -2.21. The molecule has 13 heavy (non-hydrogen) atoms. The number of anilines is 1. The molecule has 1 aromatic rings. The molecule has 0 aromatic heterocycles. The quantitative estimate of drug-likeness (QED) is 0.759. The van der Waals surface area contributed by atoms with Gasteiger partial charge in [-0.1, -0.05) is 12.1 Å². The van der Waals surface area contributed by atoms with Crippen molar-refractivity contribution in [3.8, 4) is 0 Å². The summed E-state index contributed by atoms with van der Waals surface area (Å²) in [6.45, 7) is 6.92. The van der Waals surface area contributed by atoms with Gasteiger partial charge in [-0.05, 0) is 25.5 Å². The van der Waals surface area contributed by atoms with E-state index < -0.39 is 0 Å².